The second-order valence-corrected chi connectivity index (χ2v) is 4.34. The molecule has 2 heterocycles. The Kier molecular flexibility index (Phi) is 3.76. The molecule has 5 nitrogen and oxygen atoms in total. The molecule has 2 rings (SSSR count). The maximum Gasteiger partial charge on any atom is 0.142 e. The highest BCUT2D eigenvalue weighted by Gasteiger charge is 2.21. The molecule has 0 radical (unpaired) electrons. The van der Waals surface area contributed by atoms with Gasteiger partial charge in [0, 0.05) is 38.1 Å². The molecule has 5 heteroatoms. The van der Waals surface area contributed by atoms with Crippen molar-refractivity contribution >= 4 is 5.69 Å². The molecule has 1 aliphatic rings. The van der Waals surface area contributed by atoms with Crippen LogP contribution in [-0.2, 0) is 0 Å². The summed E-state index contributed by atoms with van der Waals surface area (Å²) in [6.45, 7) is 5.43. The molecule has 0 saturated carbocycles. The largest absolute Gasteiger partial charge is 0.369 e. The molecule has 0 bridgehead atoms. The monoisotopic (exact) mass is 241 g/mol. The molecule has 1 aromatic rings. The molecule has 1 atom stereocenters. The third-order valence-electron chi connectivity index (χ3n) is 3.27. The summed E-state index contributed by atoms with van der Waals surface area (Å²) >= 11 is 0. The highest BCUT2D eigenvalue weighted by Crippen LogP contribution is 2.17. The Morgan fingerprint density at radius 3 is 2.61 bits per heavy atom. The van der Waals surface area contributed by atoms with Crippen LogP contribution in [0.5, 0.6) is 0 Å². The normalized spacial score (nSPS) is 17.8. The Morgan fingerprint density at radius 2 is 2.00 bits per heavy atom. The van der Waals surface area contributed by atoms with E-state index in [-0.39, 0.29) is 6.04 Å². The summed E-state index contributed by atoms with van der Waals surface area (Å²) < 4.78 is 0. The zero-order chi connectivity index (χ0) is 13.0. The molecular weight excluding hydrogens is 226 g/mol. The van der Waals surface area contributed by atoms with Crippen molar-refractivity contribution in [3.05, 3.63) is 24.0 Å². The van der Waals surface area contributed by atoms with E-state index in [9.17, 15) is 0 Å². The third kappa shape index (κ3) is 2.58. The van der Waals surface area contributed by atoms with Crippen LogP contribution in [-0.4, -0.2) is 42.1 Å². The van der Waals surface area contributed by atoms with Crippen molar-refractivity contribution in [2.24, 2.45) is 0 Å². The molecule has 0 spiro atoms. The average molecular weight is 241 g/mol. The van der Waals surface area contributed by atoms with Gasteiger partial charge >= 0.3 is 0 Å². The zero-order valence-corrected chi connectivity index (χ0v) is 10.4. The van der Waals surface area contributed by atoms with Gasteiger partial charge in [0.2, 0.25) is 0 Å². The number of nitrogens with zero attached hydrogens (tertiary/aromatic N) is 5. The van der Waals surface area contributed by atoms with Gasteiger partial charge < -0.3 is 4.90 Å². The van der Waals surface area contributed by atoms with E-state index in [1.807, 2.05) is 19.1 Å². The molecule has 18 heavy (non-hydrogen) atoms. The van der Waals surface area contributed by atoms with Crippen LogP contribution < -0.4 is 4.90 Å². The van der Waals surface area contributed by atoms with Crippen molar-refractivity contribution in [2.75, 3.05) is 31.1 Å². The predicted molar refractivity (Wildman–Crippen MR) is 67.8 cm³/mol. The smallest absolute Gasteiger partial charge is 0.142 e. The number of aromatic nitrogens is 1. The minimum Gasteiger partial charge on any atom is -0.369 e. The van der Waals surface area contributed by atoms with Crippen LogP contribution in [0.4, 0.5) is 5.69 Å². The van der Waals surface area contributed by atoms with Gasteiger partial charge in [0.1, 0.15) is 11.8 Å². The Bertz CT molecular complexity index is 491. The first kappa shape index (κ1) is 12.3. The quantitative estimate of drug-likeness (QED) is 0.772. The van der Waals surface area contributed by atoms with Gasteiger partial charge in [-0.25, -0.2) is 4.98 Å². The van der Waals surface area contributed by atoms with Crippen molar-refractivity contribution in [3.63, 3.8) is 0 Å². The summed E-state index contributed by atoms with van der Waals surface area (Å²) in [6, 6.07) is 8.01. The fraction of sp³-hybridized carbons (Fsp3) is 0.462. The first-order valence-electron chi connectivity index (χ1n) is 5.99. The Balaban J connectivity index is 2.02. The molecule has 1 aliphatic heterocycles. The number of piperazine rings is 1. The molecule has 0 amide bonds. The summed E-state index contributed by atoms with van der Waals surface area (Å²) in [5, 5.41) is 17.7. The number of pyridine rings is 1. The van der Waals surface area contributed by atoms with Crippen LogP contribution in [0.3, 0.4) is 0 Å². The summed E-state index contributed by atoms with van der Waals surface area (Å²) in [7, 11) is 0. The standard InChI is InChI=1S/C13H15N5/c1-11(9-14)17-4-6-18(7-5-17)13-2-3-16-12(8-13)10-15/h2-3,8,11H,4-7H2,1H3. The molecule has 0 aliphatic carbocycles. The molecule has 1 saturated heterocycles. The van der Waals surface area contributed by atoms with E-state index in [2.05, 4.69) is 26.9 Å². The fourth-order valence-electron chi connectivity index (χ4n) is 2.13. The summed E-state index contributed by atoms with van der Waals surface area (Å²) in [4.78, 5) is 8.36. The van der Waals surface area contributed by atoms with Crippen molar-refractivity contribution in [2.45, 2.75) is 13.0 Å². The minimum atomic E-state index is -0.0285. The van der Waals surface area contributed by atoms with Gasteiger partial charge in [-0.1, -0.05) is 0 Å². The van der Waals surface area contributed by atoms with Gasteiger partial charge in [-0.15, -0.1) is 0 Å². The molecular formula is C13H15N5. The second-order valence-electron chi connectivity index (χ2n) is 4.34. The van der Waals surface area contributed by atoms with Crippen molar-refractivity contribution in [1.82, 2.24) is 9.88 Å². The highest BCUT2D eigenvalue weighted by atomic mass is 15.3. The SMILES string of the molecule is CC(C#N)N1CCN(c2ccnc(C#N)c2)CC1. The van der Waals surface area contributed by atoms with Crippen LogP contribution in [0.25, 0.3) is 0 Å². The van der Waals surface area contributed by atoms with Gasteiger partial charge in [-0.05, 0) is 19.1 Å². The van der Waals surface area contributed by atoms with E-state index < -0.39 is 0 Å². The van der Waals surface area contributed by atoms with Crippen LogP contribution >= 0.6 is 0 Å². The Morgan fingerprint density at radius 1 is 1.28 bits per heavy atom. The lowest BCUT2D eigenvalue weighted by atomic mass is 10.2. The second kappa shape index (κ2) is 5.48. The van der Waals surface area contributed by atoms with Crippen LogP contribution in [0.15, 0.2) is 18.3 Å². The van der Waals surface area contributed by atoms with Crippen LogP contribution in [0.1, 0.15) is 12.6 Å². The van der Waals surface area contributed by atoms with E-state index in [4.69, 9.17) is 10.5 Å². The molecule has 1 aromatic heterocycles. The van der Waals surface area contributed by atoms with Gasteiger partial charge in [0.15, 0.2) is 0 Å². The van der Waals surface area contributed by atoms with E-state index in [0.29, 0.717) is 5.69 Å². The summed E-state index contributed by atoms with van der Waals surface area (Å²) in [5.74, 6) is 0. The number of hydrogen-bond acceptors (Lipinski definition) is 5. The lowest BCUT2D eigenvalue weighted by Crippen LogP contribution is -2.49. The van der Waals surface area contributed by atoms with Crippen molar-refractivity contribution < 1.29 is 0 Å². The maximum absolute atomic E-state index is 8.89. The number of hydrogen-bond donors (Lipinski definition) is 0. The van der Waals surface area contributed by atoms with Crippen LogP contribution in [0, 0.1) is 22.7 Å². The zero-order valence-electron chi connectivity index (χ0n) is 10.4. The van der Waals surface area contributed by atoms with Crippen molar-refractivity contribution in [3.8, 4) is 12.1 Å². The lowest BCUT2D eigenvalue weighted by Gasteiger charge is -2.37. The summed E-state index contributed by atoms with van der Waals surface area (Å²) in [6.07, 6.45) is 1.66. The molecule has 1 unspecified atom stereocenters. The van der Waals surface area contributed by atoms with Gasteiger partial charge in [-0.3, -0.25) is 4.90 Å². The van der Waals surface area contributed by atoms with Crippen molar-refractivity contribution in [1.29, 1.82) is 10.5 Å². The van der Waals surface area contributed by atoms with E-state index in [1.54, 1.807) is 6.20 Å². The number of anilines is 1. The predicted octanol–water partition coefficient (Wildman–Crippen LogP) is 0.987. The third-order valence-corrected chi connectivity index (χ3v) is 3.27. The Labute approximate surface area is 107 Å². The highest BCUT2D eigenvalue weighted by molar-refractivity contribution is 5.49. The number of nitriles is 2. The minimum absolute atomic E-state index is 0.0285. The topological polar surface area (TPSA) is 67.0 Å². The van der Waals surface area contributed by atoms with Gasteiger partial charge in [-0.2, -0.15) is 10.5 Å². The molecule has 1 fully saturated rings. The van der Waals surface area contributed by atoms with Gasteiger partial charge in [0.25, 0.3) is 0 Å². The fourth-order valence-corrected chi connectivity index (χ4v) is 2.13. The lowest BCUT2D eigenvalue weighted by molar-refractivity contribution is 0.231. The molecule has 0 aromatic carbocycles. The van der Waals surface area contributed by atoms with E-state index >= 15 is 0 Å². The maximum atomic E-state index is 8.89. The van der Waals surface area contributed by atoms with E-state index in [1.165, 1.54) is 0 Å². The average Bonchev–Trinajstić information content (AvgIpc) is 2.46. The first-order chi connectivity index (χ1) is 8.74. The van der Waals surface area contributed by atoms with Crippen LogP contribution in [0.2, 0.25) is 0 Å². The molecule has 92 valence electrons. The van der Waals surface area contributed by atoms with E-state index in [0.717, 1.165) is 31.9 Å². The Hall–Kier alpha value is -2.11. The summed E-state index contributed by atoms with van der Waals surface area (Å²) in [5.41, 5.74) is 1.48. The number of rotatable bonds is 2. The first-order valence-corrected chi connectivity index (χ1v) is 5.99. The molecule has 0 N–H and O–H groups in total. The van der Waals surface area contributed by atoms with Gasteiger partial charge in [0.05, 0.1) is 12.1 Å².